The molecule has 0 unspecified atom stereocenters. The maximum absolute atomic E-state index is 12.8. The van der Waals surface area contributed by atoms with Gasteiger partial charge in [-0.05, 0) is 61.2 Å². The fourth-order valence-electron chi connectivity index (χ4n) is 2.80. The number of rotatable bonds is 1. The van der Waals surface area contributed by atoms with Crippen LogP contribution in [0.25, 0.3) is 0 Å². The van der Waals surface area contributed by atoms with Gasteiger partial charge in [0.25, 0.3) is 5.91 Å². The van der Waals surface area contributed by atoms with Crippen molar-refractivity contribution in [2.45, 2.75) is 20.3 Å². The number of aryl methyl sites for hydroxylation is 2. The highest BCUT2D eigenvalue weighted by molar-refractivity contribution is 9.10. The number of nitrogens with zero attached hydrogens (tertiary/aromatic N) is 1. The second kappa shape index (κ2) is 5.19. The maximum atomic E-state index is 12.8. The molecule has 3 nitrogen and oxygen atoms in total. The molecule has 108 valence electrons. The van der Waals surface area contributed by atoms with Gasteiger partial charge >= 0.3 is 0 Å². The quantitative estimate of drug-likeness (QED) is 0.798. The highest BCUT2D eigenvalue weighted by atomic mass is 79.9. The van der Waals surface area contributed by atoms with Crippen LogP contribution in [-0.4, -0.2) is 12.5 Å². The molecule has 1 heterocycles. The first-order chi connectivity index (χ1) is 9.97. The summed E-state index contributed by atoms with van der Waals surface area (Å²) in [6, 6.07) is 9.75. The van der Waals surface area contributed by atoms with Gasteiger partial charge < -0.3 is 10.6 Å². The van der Waals surface area contributed by atoms with Crippen LogP contribution in [0.3, 0.4) is 0 Å². The van der Waals surface area contributed by atoms with Crippen LogP contribution in [-0.2, 0) is 6.42 Å². The number of benzene rings is 2. The lowest BCUT2D eigenvalue weighted by Crippen LogP contribution is -2.29. The largest absolute Gasteiger partial charge is 0.398 e. The van der Waals surface area contributed by atoms with Crippen LogP contribution >= 0.6 is 15.9 Å². The Balaban J connectivity index is 2.00. The van der Waals surface area contributed by atoms with E-state index in [-0.39, 0.29) is 5.91 Å². The first-order valence-electron chi connectivity index (χ1n) is 6.94. The van der Waals surface area contributed by atoms with E-state index in [4.69, 9.17) is 5.73 Å². The molecule has 0 aromatic heterocycles. The smallest absolute Gasteiger partial charge is 0.258 e. The van der Waals surface area contributed by atoms with E-state index in [0.717, 1.165) is 39.0 Å². The molecule has 21 heavy (non-hydrogen) atoms. The Bertz CT molecular complexity index is 740. The van der Waals surface area contributed by atoms with Crippen molar-refractivity contribution in [2.24, 2.45) is 0 Å². The van der Waals surface area contributed by atoms with Crippen molar-refractivity contribution in [3.8, 4) is 0 Å². The van der Waals surface area contributed by atoms with Crippen molar-refractivity contribution in [1.82, 2.24) is 0 Å². The lowest BCUT2D eigenvalue weighted by atomic mass is 10.1. The average Bonchev–Trinajstić information content (AvgIpc) is 2.81. The van der Waals surface area contributed by atoms with Gasteiger partial charge in [0.15, 0.2) is 0 Å². The fourth-order valence-corrected chi connectivity index (χ4v) is 3.28. The molecular weight excluding hydrogens is 328 g/mol. The number of amides is 1. The van der Waals surface area contributed by atoms with Gasteiger partial charge in [0.05, 0.1) is 0 Å². The summed E-state index contributed by atoms with van der Waals surface area (Å²) in [4.78, 5) is 14.6. The number of nitrogens with two attached hydrogens (primary N) is 1. The van der Waals surface area contributed by atoms with Gasteiger partial charge in [-0.25, -0.2) is 0 Å². The topological polar surface area (TPSA) is 46.3 Å². The second-order valence-corrected chi connectivity index (χ2v) is 6.42. The van der Waals surface area contributed by atoms with Crippen molar-refractivity contribution in [3.05, 3.63) is 57.1 Å². The number of carbonyl (C=O) groups excluding carboxylic acids is 1. The number of halogens is 1. The van der Waals surface area contributed by atoms with Crippen LogP contribution in [0.5, 0.6) is 0 Å². The molecular formula is C17H17BrN2O. The van der Waals surface area contributed by atoms with Crippen LogP contribution in [0.4, 0.5) is 11.4 Å². The van der Waals surface area contributed by atoms with Crippen molar-refractivity contribution < 1.29 is 4.79 Å². The molecule has 4 heteroatoms. The van der Waals surface area contributed by atoms with E-state index in [2.05, 4.69) is 22.0 Å². The second-order valence-electron chi connectivity index (χ2n) is 5.50. The average molecular weight is 345 g/mol. The zero-order chi connectivity index (χ0) is 15.1. The predicted octanol–water partition coefficient (Wildman–Crippen LogP) is 3.85. The van der Waals surface area contributed by atoms with Crippen molar-refractivity contribution in [2.75, 3.05) is 17.2 Å². The summed E-state index contributed by atoms with van der Waals surface area (Å²) in [5, 5.41) is 0. The van der Waals surface area contributed by atoms with Gasteiger partial charge in [-0.2, -0.15) is 0 Å². The van der Waals surface area contributed by atoms with Crippen LogP contribution in [0.2, 0.25) is 0 Å². The van der Waals surface area contributed by atoms with E-state index in [1.165, 1.54) is 5.56 Å². The van der Waals surface area contributed by atoms with Gasteiger partial charge in [0, 0.05) is 28.0 Å². The summed E-state index contributed by atoms with van der Waals surface area (Å²) in [6.45, 7) is 4.67. The molecule has 2 N–H and O–H groups in total. The number of fused-ring (bicyclic) bond motifs is 1. The van der Waals surface area contributed by atoms with Gasteiger partial charge in [-0.1, -0.05) is 22.0 Å². The summed E-state index contributed by atoms with van der Waals surface area (Å²) >= 11 is 3.43. The number of anilines is 2. The third kappa shape index (κ3) is 2.44. The first-order valence-corrected chi connectivity index (χ1v) is 7.73. The summed E-state index contributed by atoms with van der Waals surface area (Å²) in [7, 11) is 0. The number of nitrogen functional groups attached to an aromatic ring is 1. The van der Waals surface area contributed by atoms with Crippen LogP contribution in [0.1, 0.15) is 27.0 Å². The molecule has 0 fully saturated rings. The molecule has 1 aliphatic rings. The molecule has 0 atom stereocenters. The van der Waals surface area contributed by atoms with Gasteiger partial charge in [-0.15, -0.1) is 0 Å². The lowest BCUT2D eigenvalue weighted by Gasteiger charge is -2.19. The van der Waals surface area contributed by atoms with Gasteiger partial charge in [0.2, 0.25) is 0 Å². The van der Waals surface area contributed by atoms with E-state index in [0.29, 0.717) is 6.54 Å². The molecule has 1 amide bonds. The van der Waals surface area contributed by atoms with Crippen LogP contribution in [0.15, 0.2) is 34.8 Å². The summed E-state index contributed by atoms with van der Waals surface area (Å²) in [6.07, 6.45) is 0.887. The minimum Gasteiger partial charge on any atom is -0.398 e. The summed E-state index contributed by atoms with van der Waals surface area (Å²) in [5.41, 5.74) is 11.7. The highest BCUT2D eigenvalue weighted by Crippen LogP contribution is 2.33. The van der Waals surface area contributed by atoms with Gasteiger partial charge in [0.1, 0.15) is 0 Å². The fraction of sp³-hybridized carbons (Fsp3) is 0.235. The Hall–Kier alpha value is -1.81. The van der Waals surface area contributed by atoms with E-state index in [1.807, 2.05) is 43.0 Å². The molecule has 0 bridgehead atoms. The minimum absolute atomic E-state index is 0.0435. The Morgan fingerprint density at radius 1 is 1.19 bits per heavy atom. The van der Waals surface area contributed by atoms with Crippen molar-refractivity contribution >= 4 is 33.2 Å². The molecule has 2 aromatic carbocycles. The molecule has 0 saturated carbocycles. The first kappa shape index (κ1) is 14.1. The number of hydrogen-bond acceptors (Lipinski definition) is 2. The zero-order valence-corrected chi connectivity index (χ0v) is 13.7. The standard InChI is InChI=1S/C17H17BrN2O/c1-10-8-13(18)3-4-14(10)17(21)20-6-5-12-7-11(2)15(19)9-16(12)20/h3-4,7-9H,5-6,19H2,1-2H3. The van der Waals surface area contributed by atoms with Gasteiger partial charge in [-0.3, -0.25) is 4.79 Å². The van der Waals surface area contributed by atoms with E-state index >= 15 is 0 Å². The lowest BCUT2D eigenvalue weighted by molar-refractivity contribution is 0.0989. The Morgan fingerprint density at radius 3 is 2.67 bits per heavy atom. The summed E-state index contributed by atoms with van der Waals surface area (Å²) in [5.74, 6) is 0.0435. The molecule has 3 rings (SSSR count). The molecule has 0 spiro atoms. The Labute approximate surface area is 132 Å². The highest BCUT2D eigenvalue weighted by Gasteiger charge is 2.27. The van der Waals surface area contributed by atoms with E-state index in [9.17, 15) is 4.79 Å². The third-order valence-corrected chi connectivity index (χ3v) is 4.52. The SMILES string of the molecule is Cc1cc2c(cc1N)N(C(=O)c1ccc(Br)cc1C)CC2. The number of carbonyl (C=O) groups is 1. The molecule has 0 radical (unpaired) electrons. The maximum Gasteiger partial charge on any atom is 0.258 e. The number of hydrogen-bond donors (Lipinski definition) is 1. The third-order valence-electron chi connectivity index (χ3n) is 4.03. The van der Waals surface area contributed by atoms with Crippen molar-refractivity contribution in [3.63, 3.8) is 0 Å². The molecule has 1 aliphatic heterocycles. The molecule has 2 aromatic rings. The Morgan fingerprint density at radius 2 is 1.95 bits per heavy atom. The molecule has 0 saturated heterocycles. The summed E-state index contributed by atoms with van der Waals surface area (Å²) < 4.78 is 0.984. The monoisotopic (exact) mass is 344 g/mol. The Kier molecular flexibility index (Phi) is 3.49. The van der Waals surface area contributed by atoms with E-state index < -0.39 is 0 Å². The molecule has 0 aliphatic carbocycles. The van der Waals surface area contributed by atoms with Crippen LogP contribution in [0, 0.1) is 13.8 Å². The predicted molar refractivity (Wildman–Crippen MR) is 89.9 cm³/mol. The van der Waals surface area contributed by atoms with Crippen LogP contribution < -0.4 is 10.6 Å². The minimum atomic E-state index is 0.0435. The zero-order valence-electron chi connectivity index (χ0n) is 12.1. The van der Waals surface area contributed by atoms with Crippen molar-refractivity contribution in [1.29, 1.82) is 0 Å². The normalized spacial score (nSPS) is 13.4. The van der Waals surface area contributed by atoms with E-state index in [1.54, 1.807) is 0 Å².